The Labute approximate surface area is 254 Å². The first-order valence-corrected chi connectivity index (χ1v) is 14.7. The van der Waals surface area contributed by atoms with Gasteiger partial charge >= 0.3 is 30.2 Å². The Hall–Kier alpha value is -2.55. The number of alkyl halides is 11. The highest BCUT2D eigenvalue weighted by Crippen LogP contribution is 2.50. The van der Waals surface area contributed by atoms with E-state index < -0.39 is 43.5 Å². The number of aryl methyl sites for hydroxylation is 2. The highest BCUT2D eigenvalue weighted by atomic mass is 19.4. The first-order valence-electron chi connectivity index (χ1n) is 14.7. The van der Waals surface area contributed by atoms with Crippen LogP contribution in [0.2, 0.25) is 0 Å². The van der Waals surface area contributed by atoms with E-state index in [4.69, 9.17) is 0 Å². The second-order valence-corrected chi connectivity index (χ2v) is 10.8. The summed E-state index contributed by atoms with van der Waals surface area (Å²) in [6.07, 6.45) is -6.23. The fourth-order valence-electron chi connectivity index (χ4n) is 4.24. The number of benzene rings is 1. The van der Waals surface area contributed by atoms with Crippen molar-refractivity contribution in [2.24, 2.45) is 0 Å². The van der Waals surface area contributed by atoms with Crippen LogP contribution in [-0.2, 0) is 22.3 Å². The van der Waals surface area contributed by atoms with E-state index in [-0.39, 0.29) is 6.42 Å². The van der Waals surface area contributed by atoms with Gasteiger partial charge in [-0.25, -0.2) is 14.7 Å². The van der Waals surface area contributed by atoms with Crippen molar-refractivity contribution in [1.29, 1.82) is 0 Å². The van der Waals surface area contributed by atoms with Gasteiger partial charge in [-0.2, -0.15) is 48.3 Å². The van der Waals surface area contributed by atoms with Crippen LogP contribution < -0.4 is 0 Å². The number of ether oxygens (including phenoxy) is 2. The second kappa shape index (κ2) is 16.8. The molecule has 0 radical (unpaired) electrons. The standard InChI is InChI=1S/C30H37F11N2O2/c1-2-3-4-5-6-10-13-23-19-42-25(43-20-23)24-16-14-22(15-17-24)12-9-7-8-11-18-44-21-26(31,32)27(33,34)29(38,39)45-30(40,41)28(35,36)37/h14-17,19-20H,2-13,18,21H2,1H3. The topological polar surface area (TPSA) is 44.2 Å². The van der Waals surface area contributed by atoms with Gasteiger partial charge in [-0.1, -0.05) is 76.1 Å². The molecule has 0 unspecified atom stereocenters. The van der Waals surface area contributed by atoms with Crippen LogP contribution in [0, 0.1) is 0 Å². The van der Waals surface area contributed by atoms with E-state index in [0.717, 1.165) is 29.5 Å². The molecule has 45 heavy (non-hydrogen) atoms. The SMILES string of the molecule is CCCCCCCCc1cnc(-c2ccc(CCCCCCOCC(F)(F)C(F)(F)C(F)(F)OC(F)(F)C(F)(F)F)cc2)nc1. The van der Waals surface area contributed by atoms with E-state index in [1.807, 2.05) is 41.4 Å². The molecule has 0 spiro atoms. The normalized spacial score (nSPS) is 13.4. The average molecular weight is 667 g/mol. The van der Waals surface area contributed by atoms with Crippen LogP contribution in [0.5, 0.6) is 0 Å². The van der Waals surface area contributed by atoms with Gasteiger partial charge in [0.2, 0.25) is 0 Å². The molecular weight excluding hydrogens is 629 g/mol. The molecule has 0 bridgehead atoms. The third kappa shape index (κ3) is 11.6. The van der Waals surface area contributed by atoms with Gasteiger partial charge in [0.05, 0.1) is 0 Å². The van der Waals surface area contributed by atoms with Gasteiger partial charge < -0.3 is 4.74 Å². The van der Waals surface area contributed by atoms with E-state index in [2.05, 4.69) is 21.6 Å². The van der Waals surface area contributed by atoms with Crippen molar-refractivity contribution in [3.8, 4) is 11.4 Å². The first kappa shape index (κ1) is 38.6. The Morgan fingerprint density at radius 3 is 1.67 bits per heavy atom. The molecule has 0 aliphatic heterocycles. The number of unbranched alkanes of at least 4 members (excludes halogenated alkanes) is 8. The molecule has 256 valence electrons. The zero-order valence-electron chi connectivity index (χ0n) is 24.7. The lowest BCUT2D eigenvalue weighted by Gasteiger charge is -2.34. The van der Waals surface area contributed by atoms with Gasteiger partial charge in [-0.3, -0.25) is 0 Å². The minimum atomic E-state index is -6.86. The van der Waals surface area contributed by atoms with E-state index >= 15 is 0 Å². The summed E-state index contributed by atoms with van der Waals surface area (Å²) < 4.78 is 148. The number of nitrogens with zero attached hydrogens (tertiary/aromatic N) is 2. The fraction of sp³-hybridized carbons (Fsp3) is 0.667. The maximum absolute atomic E-state index is 13.7. The molecule has 0 saturated carbocycles. The van der Waals surface area contributed by atoms with Crippen molar-refractivity contribution in [2.75, 3.05) is 13.2 Å². The fourth-order valence-corrected chi connectivity index (χ4v) is 4.24. The molecule has 1 aromatic carbocycles. The van der Waals surface area contributed by atoms with Crippen LogP contribution in [0.1, 0.15) is 82.3 Å². The van der Waals surface area contributed by atoms with E-state index in [1.54, 1.807) is 0 Å². The number of hydrogen-bond donors (Lipinski definition) is 0. The van der Waals surface area contributed by atoms with Gasteiger partial charge in [-0.15, -0.1) is 0 Å². The van der Waals surface area contributed by atoms with Crippen LogP contribution >= 0.6 is 0 Å². The molecule has 0 fully saturated rings. The van der Waals surface area contributed by atoms with Crippen molar-refractivity contribution in [3.63, 3.8) is 0 Å². The molecule has 1 heterocycles. The third-order valence-electron chi connectivity index (χ3n) is 6.94. The van der Waals surface area contributed by atoms with Crippen LogP contribution in [0.15, 0.2) is 36.7 Å². The predicted molar refractivity (Wildman–Crippen MR) is 144 cm³/mol. The largest absolute Gasteiger partial charge is 0.483 e. The van der Waals surface area contributed by atoms with Crippen LogP contribution in [0.4, 0.5) is 48.3 Å². The summed E-state index contributed by atoms with van der Waals surface area (Å²) in [4.78, 5) is 8.91. The van der Waals surface area contributed by atoms with Crippen molar-refractivity contribution in [1.82, 2.24) is 9.97 Å². The third-order valence-corrected chi connectivity index (χ3v) is 6.94. The first-order chi connectivity index (χ1) is 20.9. The van der Waals surface area contributed by atoms with Crippen molar-refractivity contribution in [3.05, 3.63) is 47.8 Å². The Bertz CT molecular complexity index is 1130. The quantitative estimate of drug-likeness (QED) is 0.0983. The Morgan fingerprint density at radius 1 is 0.600 bits per heavy atom. The van der Waals surface area contributed by atoms with Crippen molar-refractivity contribution in [2.45, 2.75) is 114 Å². The minimum Gasteiger partial charge on any atom is -0.375 e. The van der Waals surface area contributed by atoms with Crippen molar-refractivity contribution >= 4 is 0 Å². The Morgan fingerprint density at radius 2 is 1.11 bits per heavy atom. The highest BCUT2D eigenvalue weighted by Gasteiger charge is 2.77. The van der Waals surface area contributed by atoms with Crippen molar-refractivity contribution < 1.29 is 57.8 Å². The number of hydrogen-bond acceptors (Lipinski definition) is 4. The summed E-state index contributed by atoms with van der Waals surface area (Å²) in [7, 11) is 0. The van der Waals surface area contributed by atoms with E-state index in [9.17, 15) is 48.3 Å². The number of rotatable bonds is 21. The molecule has 0 N–H and O–H groups in total. The predicted octanol–water partition coefficient (Wildman–Crippen LogP) is 10.2. The lowest BCUT2D eigenvalue weighted by Crippen LogP contribution is -2.60. The summed E-state index contributed by atoms with van der Waals surface area (Å²) in [5.74, 6) is -11.9. The zero-order chi connectivity index (χ0) is 33.8. The summed E-state index contributed by atoms with van der Waals surface area (Å²) in [5, 5.41) is 0. The summed E-state index contributed by atoms with van der Waals surface area (Å²) in [6, 6.07) is 7.61. The molecule has 2 aromatic rings. The maximum Gasteiger partial charge on any atom is 0.483 e. The second-order valence-electron chi connectivity index (χ2n) is 10.8. The Balaban J connectivity index is 1.68. The average Bonchev–Trinajstić information content (AvgIpc) is 2.95. The van der Waals surface area contributed by atoms with Gasteiger partial charge in [0.15, 0.2) is 5.82 Å². The monoisotopic (exact) mass is 666 g/mol. The maximum atomic E-state index is 13.7. The lowest BCUT2D eigenvalue weighted by atomic mass is 10.0. The molecule has 0 aliphatic rings. The minimum absolute atomic E-state index is 0.0752. The summed E-state index contributed by atoms with van der Waals surface area (Å²) >= 11 is 0. The van der Waals surface area contributed by atoms with E-state index in [0.29, 0.717) is 31.5 Å². The highest BCUT2D eigenvalue weighted by molar-refractivity contribution is 5.55. The van der Waals surface area contributed by atoms with E-state index in [1.165, 1.54) is 32.1 Å². The molecule has 4 nitrogen and oxygen atoms in total. The molecule has 0 aliphatic carbocycles. The molecule has 15 heteroatoms. The molecule has 1 aromatic heterocycles. The smallest absolute Gasteiger partial charge is 0.375 e. The molecular formula is C30H37F11N2O2. The molecule has 0 atom stereocenters. The molecule has 0 amide bonds. The van der Waals surface area contributed by atoms with Gasteiger partial charge in [0.1, 0.15) is 6.61 Å². The van der Waals surface area contributed by atoms with Crippen LogP contribution in [0.25, 0.3) is 11.4 Å². The van der Waals surface area contributed by atoms with Gasteiger partial charge in [-0.05, 0) is 43.2 Å². The molecule has 0 saturated heterocycles. The zero-order valence-corrected chi connectivity index (χ0v) is 24.7. The Kier molecular flexibility index (Phi) is 14.5. The summed E-state index contributed by atoms with van der Waals surface area (Å²) in [6.45, 7) is -0.734. The number of halogens is 11. The van der Waals surface area contributed by atoms with Gasteiger partial charge in [0, 0.05) is 24.6 Å². The molecule has 2 rings (SSSR count). The summed E-state index contributed by atoms with van der Waals surface area (Å²) in [5.41, 5.74) is 2.95. The van der Waals surface area contributed by atoms with Gasteiger partial charge in [0.25, 0.3) is 0 Å². The van der Waals surface area contributed by atoms with Crippen LogP contribution in [-0.4, -0.2) is 53.4 Å². The van der Waals surface area contributed by atoms with Crippen LogP contribution in [0.3, 0.4) is 0 Å². The number of aromatic nitrogens is 2. The lowest BCUT2D eigenvalue weighted by molar-refractivity contribution is -0.501.